The highest BCUT2D eigenvalue weighted by Crippen LogP contribution is 2.29. The van der Waals surface area contributed by atoms with Crippen molar-refractivity contribution in [2.45, 2.75) is 26.1 Å². The minimum absolute atomic E-state index is 0.0877. The van der Waals surface area contributed by atoms with Crippen LogP contribution in [0.5, 0.6) is 0 Å². The third-order valence-electron chi connectivity index (χ3n) is 6.01. The molecular formula is C27H24N4O2. The predicted octanol–water partition coefficient (Wildman–Crippen LogP) is 5.22. The number of anilines is 1. The maximum Gasteiger partial charge on any atom is 0.263 e. The number of aromatic nitrogens is 2. The van der Waals surface area contributed by atoms with E-state index in [2.05, 4.69) is 28.6 Å². The Morgan fingerprint density at radius 3 is 2.39 bits per heavy atom. The molecule has 1 saturated heterocycles. The minimum Gasteiger partial charge on any atom is -0.372 e. The van der Waals surface area contributed by atoms with Gasteiger partial charge in [-0.05, 0) is 54.6 Å². The molecule has 0 aliphatic carbocycles. The second kappa shape index (κ2) is 8.53. The van der Waals surface area contributed by atoms with Gasteiger partial charge in [-0.15, -0.1) is 0 Å². The van der Waals surface area contributed by atoms with Gasteiger partial charge in [0, 0.05) is 24.7 Å². The standard InChI is InChI=1S/C27H24N4O2/c1-18-16-30(17-19(2)33-18)26-12-11-22(15-29-26)31-14-13-24-23(5-4-6-25(24)27(31)32)20-7-9-21(28-3)10-8-20/h4-15,18-19H,16-17H2,1-2H3/t18-,19+. The van der Waals surface area contributed by atoms with Crippen molar-refractivity contribution >= 4 is 22.3 Å². The number of benzene rings is 2. The lowest BCUT2D eigenvalue weighted by Crippen LogP contribution is -2.45. The summed E-state index contributed by atoms with van der Waals surface area (Å²) in [7, 11) is 0. The summed E-state index contributed by atoms with van der Waals surface area (Å²) in [6.45, 7) is 12.9. The van der Waals surface area contributed by atoms with Gasteiger partial charge in [0.05, 0.1) is 30.7 Å². The first-order valence-corrected chi connectivity index (χ1v) is 11.0. The fourth-order valence-electron chi connectivity index (χ4n) is 4.52. The van der Waals surface area contributed by atoms with Crippen LogP contribution in [-0.2, 0) is 4.74 Å². The molecule has 0 amide bonds. The van der Waals surface area contributed by atoms with Gasteiger partial charge < -0.3 is 9.64 Å². The van der Waals surface area contributed by atoms with Gasteiger partial charge in [-0.2, -0.15) is 0 Å². The van der Waals surface area contributed by atoms with E-state index >= 15 is 0 Å². The van der Waals surface area contributed by atoms with Crippen LogP contribution in [0.4, 0.5) is 11.5 Å². The van der Waals surface area contributed by atoms with E-state index < -0.39 is 0 Å². The van der Waals surface area contributed by atoms with Gasteiger partial charge in [0.25, 0.3) is 5.56 Å². The van der Waals surface area contributed by atoms with E-state index in [0.29, 0.717) is 11.1 Å². The summed E-state index contributed by atoms with van der Waals surface area (Å²) < 4.78 is 7.45. The Balaban J connectivity index is 1.50. The summed E-state index contributed by atoms with van der Waals surface area (Å²) in [4.78, 5) is 23.7. The first-order valence-electron chi connectivity index (χ1n) is 11.0. The van der Waals surface area contributed by atoms with Crippen molar-refractivity contribution in [3.05, 3.63) is 94.8 Å². The van der Waals surface area contributed by atoms with Gasteiger partial charge in [-0.3, -0.25) is 9.36 Å². The Morgan fingerprint density at radius 2 is 1.73 bits per heavy atom. The van der Waals surface area contributed by atoms with Crippen LogP contribution in [0.3, 0.4) is 0 Å². The Labute approximate surface area is 192 Å². The van der Waals surface area contributed by atoms with Crippen molar-refractivity contribution < 1.29 is 4.74 Å². The fourth-order valence-corrected chi connectivity index (χ4v) is 4.52. The quantitative estimate of drug-likeness (QED) is 0.414. The molecule has 1 aliphatic rings. The van der Waals surface area contributed by atoms with E-state index in [1.165, 1.54) is 0 Å². The number of pyridine rings is 2. The predicted molar refractivity (Wildman–Crippen MR) is 131 cm³/mol. The van der Waals surface area contributed by atoms with Gasteiger partial charge in [0.2, 0.25) is 0 Å². The molecule has 6 heteroatoms. The van der Waals surface area contributed by atoms with Crippen LogP contribution in [0.15, 0.2) is 77.9 Å². The molecular weight excluding hydrogens is 412 g/mol. The highest BCUT2D eigenvalue weighted by Gasteiger charge is 2.23. The van der Waals surface area contributed by atoms with Crippen LogP contribution >= 0.6 is 0 Å². The van der Waals surface area contributed by atoms with Crippen molar-refractivity contribution in [2.75, 3.05) is 18.0 Å². The smallest absolute Gasteiger partial charge is 0.263 e. The SMILES string of the molecule is [C-]#[N+]c1ccc(-c2cccc3c(=O)n(-c4ccc(N5C[C@@H](C)O[C@@H](C)C5)nc4)ccc23)cc1. The molecule has 1 fully saturated rings. The summed E-state index contributed by atoms with van der Waals surface area (Å²) in [6.07, 6.45) is 3.87. The van der Waals surface area contributed by atoms with E-state index in [9.17, 15) is 4.79 Å². The molecule has 0 spiro atoms. The number of rotatable bonds is 3. The molecule has 1 aliphatic heterocycles. The summed E-state index contributed by atoms with van der Waals surface area (Å²) in [5.74, 6) is 0.889. The molecule has 4 aromatic rings. The van der Waals surface area contributed by atoms with E-state index in [-0.39, 0.29) is 17.8 Å². The molecule has 33 heavy (non-hydrogen) atoms. The average Bonchev–Trinajstić information content (AvgIpc) is 2.84. The van der Waals surface area contributed by atoms with E-state index in [1.807, 2.05) is 48.5 Å². The van der Waals surface area contributed by atoms with Crippen molar-refractivity contribution in [3.63, 3.8) is 0 Å². The zero-order valence-corrected chi connectivity index (χ0v) is 18.6. The number of hydrogen-bond acceptors (Lipinski definition) is 4. The number of ether oxygens (including phenoxy) is 1. The molecule has 5 rings (SSSR count). The minimum atomic E-state index is -0.0877. The Morgan fingerprint density at radius 1 is 0.970 bits per heavy atom. The molecule has 6 nitrogen and oxygen atoms in total. The maximum atomic E-state index is 13.4. The topological polar surface area (TPSA) is 51.7 Å². The summed E-state index contributed by atoms with van der Waals surface area (Å²) >= 11 is 0. The molecule has 2 aromatic heterocycles. The first kappa shape index (κ1) is 20.9. The van der Waals surface area contributed by atoms with E-state index in [0.717, 1.165) is 41.1 Å². The Bertz CT molecular complexity index is 1390. The lowest BCUT2D eigenvalue weighted by atomic mass is 9.99. The molecule has 0 radical (unpaired) electrons. The molecule has 2 atom stereocenters. The van der Waals surface area contributed by atoms with E-state index in [1.54, 1.807) is 29.1 Å². The zero-order chi connectivity index (χ0) is 22.9. The lowest BCUT2D eigenvalue weighted by Gasteiger charge is -2.36. The van der Waals surface area contributed by atoms with Crippen LogP contribution in [0, 0.1) is 6.57 Å². The number of nitrogens with zero attached hydrogens (tertiary/aromatic N) is 4. The van der Waals surface area contributed by atoms with Crippen molar-refractivity contribution in [1.29, 1.82) is 0 Å². The normalized spacial score (nSPS) is 18.3. The summed E-state index contributed by atoms with van der Waals surface area (Å²) in [5.41, 5.74) is 3.18. The molecule has 164 valence electrons. The molecule has 0 bridgehead atoms. The van der Waals surface area contributed by atoms with Gasteiger partial charge in [0.15, 0.2) is 5.69 Å². The highest BCUT2D eigenvalue weighted by molar-refractivity contribution is 5.96. The molecule has 3 heterocycles. The van der Waals surface area contributed by atoms with E-state index in [4.69, 9.17) is 11.3 Å². The van der Waals surface area contributed by atoms with Gasteiger partial charge >= 0.3 is 0 Å². The van der Waals surface area contributed by atoms with Crippen LogP contribution in [-0.4, -0.2) is 34.8 Å². The molecule has 0 saturated carbocycles. The number of hydrogen-bond donors (Lipinski definition) is 0. The lowest BCUT2D eigenvalue weighted by molar-refractivity contribution is -0.00545. The van der Waals surface area contributed by atoms with Crippen molar-refractivity contribution in [3.8, 4) is 16.8 Å². The Kier molecular flexibility index (Phi) is 5.41. The third-order valence-corrected chi connectivity index (χ3v) is 6.01. The zero-order valence-electron chi connectivity index (χ0n) is 18.6. The van der Waals surface area contributed by atoms with Crippen molar-refractivity contribution in [2.24, 2.45) is 0 Å². The first-order chi connectivity index (χ1) is 16.0. The molecule has 0 N–H and O–H groups in total. The van der Waals surface area contributed by atoms with Gasteiger partial charge in [-0.1, -0.05) is 36.4 Å². The number of fused-ring (bicyclic) bond motifs is 1. The largest absolute Gasteiger partial charge is 0.372 e. The molecule has 2 aromatic carbocycles. The van der Waals surface area contributed by atoms with Crippen LogP contribution < -0.4 is 10.5 Å². The van der Waals surface area contributed by atoms with Crippen LogP contribution in [0.1, 0.15) is 13.8 Å². The fraction of sp³-hybridized carbons (Fsp3) is 0.222. The highest BCUT2D eigenvalue weighted by atomic mass is 16.5. The monoisotopic (exact) mass is 436 g/mol. The third kappa shape index (κ3) is 3.99. The second-order valence-corrected chi connectivity index (χ2v) is 8.45. The van der Waals surface area contributed by atoms with Gasteiger partial charge in [-0.25, -0.2) is 9.83 Å². The summed E-state index contributed by atoms with van der Waals surface area (Å²) in [6, 6.07) is 19.1. The summed E-state index contributed by atoms with van der Waals surface area (Å²) in [5, 5.41) is 1.53. The maximum absolute atomic E-state index is 13.4. The van der Waals surface area contributed by atoms with Crippen LogP contribution in [0.25, 0.3) is 32.4 Å². The second-order valence-electron chi connectivity index (χ2n) is 8.45. The van der Waals surface area contributed by atoms with Gasteiger partial charge in [0.1, 0.15) is 5.82 Å². The number of morpholine rings is 1. The average molecular weight is 437 g/mol. The Hall–Kier alpha value is -3.95. The van der Waals surface area contributed by atoms with Crippen molar-refractivity contribution in [1.82, 2.24) is 9.55 Å². The van der Waals surface area contributed by atoms with Crippen LogP contribution in [0.2, 0.25) is 0 Å². The molecule has 0 unspecified atom stereocenters.